The average Bonchev–Trinajstić information content (AvgIpc) is 2.55. The van der Waals surface area contributed by atoms with Crippen molar-refractivity contribution in [2.45, 2.75) is 39.5 Å². The van der Waals surface area contributed by atoms with Crippen LogP contribution in [0.25, 0.3) is 0 Å². The molecule has 0 aromatic heterocycles. The van der Waals surface area contributed by atoms with Crippen molar-refractivity contribution in [3.63, 3.8) is 0 Å². The highest BCUT2D eigenvalue weighted by Gasteiger charge is 2.22. The van der Waals surface area contributed by atoms with E-state index in [1.807, 2.05) is 26.0 Å². The Labute approximate surface area is 150 Å². The first kappa shape index (κ1) is 21.3. The molecule has 0 saturated carbocycles. The third-order valence-corrected chi connectivity index (χ3v) is 5.84. The molecule has 0 atom stereocenters. The molecule has 0 bridgehead atoms. The van der Waals surface area contributed by atoms with E-state index in [-0.39, 0.29) is 0 Å². The summed E-state index contributed by atoms with van der Waals surface area (Å²) in [6.45, 7) is 5.07. The molecule has 0 radical (unpaired) electrons. The molecule has 0 fully saturated rings. The van der Waals surface area contributed by atoms with Crippen LogP contribution in [0.1, 0.15) is 39.5 Å². The molecule has 0 aliphatic rings. The molecule has 0 aliphatic heterocycles. The fourth-order valence-electron chi connectivity index (χ4n) is 2.23. The van der Waals surface area contributed by atoms with Crippen LogP contribution in [0.3, 0.4) is 0 Å². The van der Waals surface area contributed by atoms with Gasteiger partial charge in [0.1, 0.15) is 11.5 Å². The second-order valence-electron chi connectivity index (χ2n) is 5.23. The zero-order chi connectivity index (χ0) is 17.8. The highest BCUT2D eigenvalue weighted by Crippen LogP contribution is 2.48. The van der Waals surface area contributed by atoms with E-state index in [4.69, 9.17) is 30.1 Å². The maximum absolute atomic E-state index is 12.3. The minimum Gasteiger partial charge on any atom is -0.497 e. The Morgan fingerprint density at radius 2 is 1.71 bits per heavy atom. The number of methoxy groups -OCH3 is 1. The first-order valence-corrected chi connectivity index (χ1v) is 10.5. The Hall–Kier alpha value is -0.740. The molecule has 0 spiro atoms. The van der Waals surface area contributed by atoms with Crippen LogP contribution in [-0.4, -0.2) is 33.1 Å². The van der Waals surface area contributed by atoms with Crippen molar-refractivity contribution in [1.82, 2.24) is 0 Å². The fourth-order valence-corrected chi connectivity index (χ4v) is 4.18. The molecule has 0 saturated heterocycles. The maximum atomic E-state index is 12.3. The summed E-state index contributed by atoms with van der Waals surface area (Å²) >= 11 is 6.12. The summed E-state index contributed by atoms with van der Waals surface area (Å²) in [6.07, 6.45) is 4.16. The molecule has 7 heteroatoms. The van der Waals surface area contributed by atoms with Crippen molar-refractivity contribution in [1.29, 1.82) is 0 Å². The first-order chi connectivity index (χ1) is 11.5. The van der Waals surface area contributed by atoms with Crippen LogP contribution >= 0.6 is 19.2 Å². The van der Waals surface area contributed by atoms with Gasteiger partial charge in [-0.2, -0.15) is 0 Å². The molecule has 5 nitrogen and oxygen atoms in total. The van der Waals surface area contributed by atoms with Gasteiger partial charge in [-0.15, -0.1) is 0 Å². The summed E-state index contributed by atoms with van der Waals surface area (Å²) in [4.78, 5) is 0. The number of hydrogen-bond acceptors (Lipinski definition) is 5. The Balaban J connectivity index is 2.19. The smallest absolute Gasteiger partial charge is 0.330 e. The van der Waals surface area contributed by atoms with E-state index in [0.717, 1.165) is 25.7 Å². The number of hydrogen-bond donors (Lipinski definition) is 0. The van der Waals surface area contributed by atoms with Crippen LogP contribution < -0.4 is 9.47 Å². The standard InChI is InChI=1S/C17H28ClO5P/c1-4-22-24(19,23-5-2)13-9-7-6-8-12-21-17-11-10-15(20-3)14-16(17)18/h10-11,14H,4-9,12-13H2,1-3H3. The van der Waals surface area contributed by atoms with Crippen LogP contribution in [0.2, 0.25) is 5.02 Å². The van der Waals surface area contributed by atoms with Gasteiger partial charge in [0, 0.05) is 6.07 Å². The van der Waals surface area contributed by atoms with E-state index in [1.165, 1.54) is 0 Å². The predicted octanol–water partition coefficient (Wildman–Crippen LogP) is 5.55. The van der Waals surface area contributed by atoms with Gasteiger partial charge in [0.2, 0.25) is 0 Å². The van der Waals surface area contributed by atoms with Crippen molar-refractivity contribution in [2.75, 3.05) is 33.1 Å². The fraction of sp³-hybridized carbons (Fsp3) is 0.647. The molecular weight excluding hydrogens is 351 g/mol. The van der Waals surface area contributed by atoms with Crippen LogP contribution in [0.15, 0.2) is 18.2 Å². The van der Waals surface area contributed by atoms with Gasteiger partial charge in [-0.1, -0.05) is 24.4 Å². The van der Waals surface area contributed by atoms with Crippen molar-refractivity contribution < 1.29 is 23.1 Å². The molecule has 1 aromatic rings. The Morgan fingerprint density at radius 1 is 1.04 bits per heavy atom. The molecular formula is C17H28ClO5P. The summed E-state index contributed by atoms with van der Waals surface area (Å²) in [5, 5.41) is 0.545. The molecule has 0 aliphatic carbocycles. The molecule has 0 heterocycles. The number of benzene rings is 1. The summed E-state index contributed by atoms with van der Waals surface area (Å²) in [7, 11) is -1.30. The predicted molar refractivity (Wildman–Crippen MR) is 97.7 cm³/mol. The second-order valence-corrected chi connectivity index (χ2v) is 7.82. The SMILES string of the molecule is CCOP(=O)(CCCCCCOc1ccc(OC)cc1Cl)OCC. The Bertz CT molecular complexity index is 514. The van der Waals surface area contributed by atoms with Gasteiger partial charge in [-0.3, -0.25) is 4.57 Å². The zero-order valence-electron chi connectivity index (χ0n) is 14.8. The average molecular weight is 379 g/mol. The van der Waals surface area contributed by atoms with Gasteiger partial charge in [-0.05, 0) is 38.8 Å². The van der Waals surface area contributed by atoms with Crippen LogP contribution in [0.5, 0.6) is 11.5 Å². The monoisotopic (exact) mass is 378 g/mol. The summed E-state index contributed by atoms with van der Waals surface area (Å²) in [5.41, 5.74) is 0. The lowest BCUT2D eigenvalue weighted by atomic mass is 10.2. The quantitative estimate of drug-likeness (QED) is 0.332. The lowest BCUT2D eigenvalue weighted by Gasteiger charge is -2.16. The van der Waals surface area contributed by atoms with Crippen LogP contribution in [0.4, 0.5) is 0 Å². The lowest BCUT2D eigenvalue weighted by molar-refractivity contribution is 0.219. The second kappa shape index (κ2) is 11.8. The largest absolute Gasteiger partial charge is 0.497 e. The van der Waals surface area contributed by atoms with Crippen molar-refractivity contribution in [3.05, 3.63) is 23.2 Å². The maximum Gasteiger partial charge on any atom is 0.330 e. The molecule has 1 aromatic carbocycles. The highest BCUT2D eigenvalue weighted by molar-refractivity contribution is 7.53. The van der Waals surface area contributed by atoms with E-state index in [0.29, 0.717) is 42.5 Å². The minimum absolute atomic E-state index is 0.410. The van der Waals surface area contributed by atoms with Crippen LogP contribution in [0, 0.1) is 0 Å². The lowest BCUT2D eigenvalue weighted by Crippen LogP contribution is -2.01. The molecule has 0 N–H and O–H groups in total. The highest BCUT2D eigenvalue weighted by atomic mass is 35.5. The van der Waals surface area contributed by atoms with Gasteiger partial charge in [0.15, 0.2) is 0 Å². The normalized spacial score (nSPS) is 11.5. The van der Waals surface area contributed by atoms with E-state index in [2.05, 4.69) is 0 Å². The third-order valence-electron chi connectivity index (χ3n) is 3.37. The zero-order valence-corrected chi connectivity index (χ0v) is 16.4. The minimum atomic E-state index is -2.90. The summed E-state index contributed by atoms with van der Waals surface area (Å²) < 4.78 is 33.6. The van der Waals surface area contributed by atoms with Gasteiger partial charge in [-0.25, -0.2) is 0 Å². The van der Waals surface area contributed by atoms with E-state index >= 15 is 0 Å². The van der Waals surface area contributed by atoms with E-state index in [1.54, 1.807) is 13.2 Å². The van der Waals surface area contributed by atoms with Gasteiger partial charge < -0.3 is 18.5 Å². The Kier molecular flexibility index (Phi) is 10.4. The van der Waals surface area contributed by atoms with E-state index in [9.17, 15) is 4.57 Å². The van der Waals surface area contributed by atoms with Gasteiger partial charge in [0.05, 0.1) is 38.1 Å². The van der Waals surface area contributed by atoms with E-state index < -0.39 is 7.60 Å². The number of ether oxygens (including phenoxy) is 2. The van der Waals surface area contributed by atoms with Crippen molar-refractivity contribution >= 4 is 19.2 Å². The molecule has 0 unspecified atom stereocenters. The molecule has 0 amide bonds. The number of halogens is 1. The first-order valence-electron chi connectivity index (χ1n) is 8.39. The third kappa shape index (κ3) is 7.89. The van der Waals surface area contributed by atoms with Crippen molar-refractivity contribution in [2.24, 2.45) is 0 Å². The number of rotatable bonds is 13. The molecule has 1 rings (SSSR count). The van der Waals surface area contributed by atoms with Crippen molar-refractivity contribution in [3.8, 4) is 11.5 Å². The number of unbranched alkanes of at least 4 members (excludes halogenated alkanes) is 3. The van der Waals surface area contributed by atoms with Gasteiger partial charge in [0.25, 0.3) is 0 Å². The Morgan fingerprint density at radius 3 is 2.29 bits per heavy atom. The van der Waals surface area contributed by atoms with Crippen LogP contribution in [-0.2, 0) is 13.6 Å². The summed E-state index contributed by atoms with van der Waals surface area (Å²) in [6, 6.07) is 5.36. The summed E-state index contributed by atoms with van der Waals surface area (Å²) in [5.74, 6) is 1.37. The van der Waals surface area contributed by atoms with Gasteiger partial charge >= 0.3 is 7.60 Å². The molecule has 24 heavy (non-hydrogen) atoms. The topological polar surface area (TPSA) is 54.0 Å². The molecule has 138 valence electrons.